The van der Waals surface area contributed by atoms with Crippen molar-refractivity contribution >= 4 is 11.8 Å². The van der Waals surface area contributed by atoms with Crippen LogP contribution in [-0.4, -0.2) is 11.9 Å². The lowest BCUT2D eigenvalue weighted by Crippen LogP contribution is -2.13. The molecule has 2 aromatic rings. The van der Waals surface area contributed by atoms with Crippen molar-refractivity contribution in [2.45, 2.75) is 16.6 Å². The van der Waals surface area contributed by atoms with Gasteiger partial charge in [0.15, 0.2) is 0 Å². The van der Waals surface area contributed by atoms with E-state index in [0.29, 0.717) is 17.6 Å². The van der Waals surface area contributed by atoms with E-state index < -0.39 is 5.82 Å². The Kier molecular flexibility index (Phi) is 3.62. The van der Waals surface area contributed by atoms with Gasteiger partial charge in [0.05, 0.1) is 5.56 Å². The third-order valence-corrected chi connectivity index (χ3v) is 4.50. The fraction of sp³-hybridized carbons (Fsp3) is 0.188. The van der Waals surface area contributed by atoms with Crippen molar-refractivity contribution in [1.29, 1.82) is 5.26 Å². The highest BCUT2D eigenvalue weighted by Gasteiger charge is 2.22. The number of nitrogens with zero attached hydrogens (tertiary/aromatic N) is 1. The van der Waals surface area contributed by atoms with Gasteiger partial charge in [-0.3, -0.25) is 0 Å². The standard InChI is InChI=1S/C16H12FNOS/c17-15-8-13(6-5-12(15)9-18)19-10-14-7-11-3-1-2-4-16(11)20-14/h1-6,8,14H,7,10H2. The molecule has 0 N–H and O–H groups in total. The number of benzene rings is 2. The van der Waals surface area contributed by atoms with Crippen molar-refractivity contribution in [2.24, 2.45) is 0 Å². The van der Waals surface area contributed by atoms with Crippen molar-refractivity contribution in [1.82, 2.24) is 0 Å². The van der Waals surface area contributed by atoms with Crippen LogP contribution in [0.3, 0.4) is 0 Å². The molecule has 20 heavy (non-hydrogen) atoms. The zero-order valence-corrected chi connectivity index (χ0v) is 11.5. The van der Waals surface area contributed by atoms with Crippen molar-refractivity contribution in [3.8, 4) is 11.8 Å². The molecule has 2 nitrogen and oxygen atoms in total. The van der Waals surface area contributed by atoms with Crippen LogP contribution in [0.4, 0.5) is 4.39 Å². The van der Waals surface area contributed by atoms with Crippen LogP contribution < -0.4 is 4.74 Å². The first-order valence-electron chi connectivity index (χ1n) is 6.33. The molecule has 0 saturated carbocycles. The largest absolute Gasteiger partial charge is 0.492 e. The van der Waals surface area contributed by atoms with Crippen LogP contribution in [-0.2, 0) is 6.42 Å². The zero-order valence-electron chi connectivity index (χ0n) is 10.7. The molecule has 0 aromatic heterocycles. The van der Waals surface area contributed by atoms with E-state index in [4.69, 9.17) is 10.00 Å². The molecular formula is C16H12FNOS. The number of thioether (sulfide) groups is 1. The van der Waals surface area contributed by atoms with E-state index in [1.807, 2.05) is 12.1 Å². The summed E-state index contributed by atoms with van der Waals surface area (Å²) in [4.78, 5) is 1.30. The minimum atomic E-state index is -0.535. The van der Waals surface area contributed by atoms with Gasteiger partial charge in [-0.15, -0.1) is 11.8 Å². The Balaban J connectivity index is 1.62. The molecule has 3 rings (SSSR count). The molecule has 0 bridgehead atoms. The number of nitriles is 1. The fourth-order valence-corrected chi connectivity index (χ4v) is 3.43. The summed E-state index contributed by atoms with van der Waals surface area (Å²) >= 11 is 1.80. The molecule has 1 atom stereocenters. The Bertz CT molecular complexity index is 655. The molecule has 1 unspecified atom stereocenters. The average molecular weight is 285 g/mol. The molecule has 1 aliphatic heterocycles. The minimum absolute atomic E-state index is 0.0417. The first-order chi connectivity index (χ1) is 9.76. The Labute approximate surface area is 121 Å². The summed E-state index contributed by atoms with van der Waals surface area (Å²) in [6, 6.07) is 14.5. The van der Waals surface area contributed by atoms with E-state index in [2.05, 4.69) is 12.1 Å². The highest BCUT2D eigenvalue weighted by Crippen LogP contribution is 2.36. The van der Waals surface area contributed by atoms with Gasteiger partial charge in [-0.05, 0) is 30.2 Å². The van der Waals surface area contributed by atoms with Crippen LogP contribution in [0.5, 0.6) is 5.75 Å². The van der Waals surface area contributed by atoms with E-state index in [9.17, 15) is 4.39 Å². The Hall–Kier alpha value is -1.99. The lowest BCUT2D eigenvalue weighted by Gasteiger charge is -2.11. The van der Waals surface area contributed by atoms with E-state index in [0.717, 1.165) is 6.42 Å². The minimum Gasteiger partial charge on any atom is -0.492 e. The van der Waals surface area contributed by atoms with Crippen molar-refractivity contribution in [3.63, 3.8) is 0 Å². The second kappa shape index (κ2) is 5.56. The average Bonchev–Trinajstić information content (AvgIpc) is 2.88. The van der Waals surface area contributed by atoms with Gasteiger partial charge < -0.3 is 4.74 Å². The zero-order chi connectivity index (χ0) is 13.9. The smallest absolute Gasteiger partial charge is 0.144 e. The van der Waals surface area contributed by atoms with Crippen LogP contribution in [0.15, 0.2) is 47.4 Å². The van der Waals surface area contributed by atoms with Crippen LogP contribution >= 0.6 is 11.8 Å². The molecular weight excluding hydrogens is 273 g/mol. The van der Waals surface area contributed by atoms with Crippen LogP contribution in [0.1, 0.15) is 11.1 Å². The maximum Gasteiger partial charge on any atom is 0.144 e. The Morgan fingerprint density at radius 1 is 1.30 bits per heavy atom. The summed E-state index contributed by atoms with van der Waals surface area (Å²) in [6.07, 6.45) is 0.972. The number of hydrogen-bond donors (Lipinski definition) is 0. The van der Waals surface area contributed by atoms with Crippen molar-refractivity contribution in [3.05, 3.63) is 59.4 Å². The number of hydrogen-bond acceptors (Lipinski definition) is 3. The van der Waals surface area contributed by atoms with Gasteiger partial charge in [0.2, 0.25) is 0 Å². The second-order valence-electron chi connectivity index (χ2n) is 4.62. The molecule has 100 valence electrons. The number of ether oxygens (including phenoxy) is 1. The molecule has 1 aliphatic rings. The van der Waals surface area contributed by atoms with Gasteiger partial charge in [-0.1, -0.05) is 18.2 Å². The van der Waals surface area contributed by atoms with E-state index in [1.165, 1.54) is 22.6 Å². The maximum absolute atomic E-state index is 13.5. The molecule has 1 heterocycles. The van der Waals surface area contributed by atoms with E-state index >= 15 is 0 Å². The quantitative estimate of drug-likeness (QED) is 0.860. The number of halogens is 1. The number of fused-ring (bicyclic) bond motifs is 1. The third kappa shape index (κ3) is 2.63. The van der Waals surface area contributed by atoms with Gasteiger partial charge in [0.1, 0.15) is 24.2 Å². The van der Waals surface area contributed by atoms with Crippen molar-refractivity contribution in [2.75, 3.05) is 6.61 Å². The molecule has 0 amide bonds. The molecule has 0 saturated heterocycles. The topological polar surface area (TPSA) is 33.0 Å². The molecule has 0 fully saturated rings. The van der Waals surface area contributed by atoms with E-state index in [1.54, 1.807) is 23.9 Å². The van der Waals surface area contributed by atoms with E-state index in [-0.39, 0.29) is 5.56 Å². The summed E-state index contributed by atoms with van der Waals surface area (Å²) in [7, 11) is 0. The van der Waals surface area contributed by atoms with Gasteiger partial charge in [-0.25, -0.2) is 4.39 Å². The van der Waals surface area contributed by atoms with Gasteiger partial charge in [-0.2, -0.15) is 5.26 Å². The maximum atomic E-state index is 13.5. The van der Waals surface area contributed by atoms with Gasteiger partial charge >= 0.3 is 0 Å². The first-order valence-corrected chi connectivity index (χ1v) is 7.21. The summed E-state index contributed by atoms with van der Waals surface area (Å²) < 4.78 is 19.1. The monoisotopic (exact) mass is 285 g/mol. The van der Waals surface area contributed by atoms with Crippen LogP contribution in [0, 0.1) is 17.1 Å². The highest BCUT2D eigenvalue weighted by atomic mass is 32.2. The first kappa shape index (κ1) is 13.0. The fourth-order valence-electron chi connectivity index (χ4n) is 2.21. The summed E-state index contributed by atoms with van der Waals surface area (Å²) in [5.74, 6) is -0.0644. The van der Waals surface area contributed by atoms with Gasteiger partial charge in [0, 0.05) is 16.2 Å². The predicted molar refractivity (Wildman–Crippen MR) is 76.4 cm³/mol. The normalized spacial score (nSPS) is 16.5. The third-order valence-electron chi connectivity index (χ3n) is 3.21. The molecule has 2 aromatic carbocycles. The Morgan fingerprint density at radius 2 is 2.15 bits per heavy atom. The summed E-state index contributed by atoms with van der Waals surface area (Å²) in [5, 5.41) is 9.03. The van der Waals surface area contributed by atoms with Crippen LogP contribution in [0.25, 0.3) is 0 Å². The van der Waals surface area contributed by atoms with Crippen LogP contribution in [0.2, 0.25) is 0 Å². The molecule has 0 aliphatic carbocycles. The predicted octanol–water partition coefficient (Wildman–Crippen LogP) is 3.79. The lowest BCUT2D eigenvalue weighted by atomic mass is 10.1. The van der Waals surface area contributed by atoms with Gasteiger partial charge in [0.25, 0.3) is 0 Å². The highest BCUT2D eigenvalue weighted by molar-refractivity contribution is 8.00. The number of rotatable bonds is 3. The molecule has 0 spiro atoms. The summed E-state index contributed by atoms with van der Waals surface area (Å²) in [5.41, 5.74) is 1.39. The SMILES string of the molecule is N#Cc1ccc(OCC2Cc3ccccc3S2)cc1F. The molecule has 0 radical (unpaired) electrons. The Morgan fingerprint density at radius 3 is 2.90 bits per heavy atom. The lowest BCUT2D eigenvalue weighted by molar-refractivity contribution is 0.316. The summed E-state index contributed by atoms with van der Waals surface area (Å²) in [6.45, 7) is 0.532. The molecule has 4 heteroatoms. The van der Waals surface area contributed by atoms with Crippen molar-refractivity contribution < 1.29 is 9.13 Å². The second-order valence-corrected chi connectivity index (χ2v) is 5.96.